The maximum atomic E-state index is 12.9. The van der Waals surface area contributed by atoms with Crippen molar-refractivity contribution in [3.05, 3.63) is 64.5 Å². The van der Waals surface area contributed by atoms with E-state index in [1.54, 1.807) is 18.3 Å². The summed E-state index contributed by atoms with van der Waals surface area (Å²) in [6.07, 6.45) is 5.32. The van der Waals surface area contributed by atoms with Gasteiger partial charge in [-0.2, -0.15) is 13.2 Å². The molecule has 0 atom stereocenters. The highest BCUT2D eigenvalue weighted by molar-refractivity contribution is 8.00. The molecule has 0 bridgehead atoms. The van der Waals surface area contributed by atoms with E-state index in [1.807, 2.05) is 12.1 Å². The lowest BCUT2D eigenvalue weighted by Crippen LogP contribution is -2.27. The van der Waals surface area contributed by atoms with Gasteiger partial charge >= 0.3 is 5.51 Å². The number of rotatable bonds is 1. The molecule has 1 fully saturated rings. The Hall–Kier alpha value is -1.79. The Morgan fingerprint density at radius 3 is 2.48 bits per heavy atom. The first-order chi connectivity index (χ1) is 12.9. The Morgan fingerprint density at radius 1 is 1.00 bits per heavy atom. The second-order valence-electron chi connectivity index (χ2n) is 7.16. The number of hydrogen-bond donors (Lipinski definition) is 0. The molecule has 2 nitrogen and oxygen atoms in total. The van der Waals surface area contributed by atoms with E-state index in [0.29, 0.717) is 0 Å². The number of fused-ring (bicyclic) bond motifs is 2. The van der Waals surface area contributed by atoms with Crippen LogP contribution in [0.25, 0.3) is 5.57 Å². The minimum absolute atomic E-state index is 0.0405. The number of aromatic nitrogens is 1. The summed E-state index contributed by atoms with van der Waals surface area (Å²) in [7, 11) is 2.10. The molecule has 4 rings (SSSR count). The highest BCUT2D eigenvalue weighted by atomic mass is 32.2. The Balaban J connectivity index is 1.88. The molecule has 2 aromatic rings. The number of nitrogens with zero attached hydrogens (tertiary/aromatic N) is 2. The topological polar surface area (TPSA) is 16.1 Å². The number of hydrogen-bond acceptors (Lipinski definition) is 3. The van der Waals surface area contributed by atoms with Crippen molar-refractivity contribution in [1.82, 2.24) is 9.88 Å². The predicted molar refractivity (Wildman–Crippen MR) is 103 cm³/mol. The van der Waals surface area contributed by atoms with Crippen LogP contribution in [0.2, 0.25) is 0 Å². The SMILES string of the molecule is CN1CCC(=C2c3cc(SC(F)(F)F)ccc3CCc3cccnc32)CC1. The van der Waals surface area contributed by atoms with Crippen molar-refractivity contribution in [3.8, 4) is 0 Å². The number of benzene rings is 1. The lowest BCUT2D eigenvalue weighted by Gasteiger charge is -2.27. The summed E-state index contributed by atoms with van der Waals surface area (Å²) in [5, 5.41) is 0. The van der Waals surface area contributed by atoms with Gasteiger partial charge in [0.1, 0.15) is 0 Å². The van der Waals surface area contributed by atoms with Gasteiger partial charge in [0, 0.05) is 29.8 Å². The molecule has 0 spiro atoms. The Bertz CT molecular complexity index is 879. The van der Waals surface area contributed by atoms with Crippen LogP contribution in [0.4, 0.5) is 13.2 Å². The van der Waals surface area contributed by atoms with Crippen molar-refractivity contribution in [2.45, 2.75) is 36.1 Å². The van der Waals surface area contributed by atoms with Gasteiger partial charge in [0.15, 0.2) is 0 Å². The summed E-state index contributed by atoms with van der Waals surface area (Å²) < 4.78 is 38.8. The fourth-order valence-corrected chi connectivity index (χ4v) is 4.54. The molecular weight excluding hydrogens is 369 g/mol. The highest BCUT2D eigenvalue weighted by Crippen LogP contribution is 2.42. The molecule has 1 aromatic heterocycles. The minimum atomic E-state index is -4.28. The zero-order valence-corrected chi connectivity index (χ0v) is 16.0. The summed E-state index contributed by atoms with van der Waals surface area (Å²) in [6.45, 7) is 1.93. The van der Waals surface area contributed by atoms with Gasteiger partial charge in [-0.05, 0) is 79.4 Å². The van der Waals surface area contributed by atoms with Crippen molar-refractivity contribution in [2.24, 2.45) is 0 Å². The fourth-order valence-electron chi connectivity index (χ4n) is 3.96. The van der Waals surface area contributed by atoms with E-state index >= 15 is 0 Å². The number of thioether (sulfide) groups is 1. The molecule has 2 aliphatic rings. The minimum Gasteiger partial charge on any atom is -0.306 e. The standard InChI is InChI=1S/C21H21F3N2S/c1-26-11-8-15(9-12-26)19-18-13-17(27-21(22,23)24)7-6-14(18)4-5-16-3-2-10-25-20(16)19/h2-3,6-7,10,13H,4-5,8-9,11-12H2,1H3. The van der Waals surface area contributed by atoms with Crippen LogP contribution < -0.4 is 0 Å². The summed E-state index contributed by atoms with van der Waals surface area (Å²) >= 11 is -0.0405. The van der Waals surface area contributed by atoms with Gasteiger partial charge in [0.2, 0.25) is 0 Å². The largest absolute Gasteiger partial charge is 0.446 e. The number of piperidine rings is 1. The average Bonchev–Trinajstić information content (AvgIpc) is 2.78. The molecule has 0 radical (unpaired) electrons. The third kappa shape index (κ3) is 4.06. The second-order valence-corrected chi connectivity index (χ2v) is 8.30. The lowest BCUT2D eigenvalue weighted by atomic mass is 9.89. The van der Waals surface area contributed by atoms with Crippen molar-refractivity contribution < 1.29 is 13.2 Å². The molecule has 27 heavy (non-hydrogen) atoms. The smallest absolute Gasteiger partial charge is 0.306 e. The molecule has 0 unspecified atom stereocenters. The molecule has 6 heteroatoms. The number of alkyl halides is 3. The van der Waals surface area contributed by atoms with Gasteiger partial charge in [-0.25, -0.2) is 0 Å². The third-order valence-corrected chi connectivity index (χ3v) is 6.04. The summed E-state index contributed by atoms with van der Waals surface area (Å²) in [6, 6.07) is 9.21. The van der Waals surface area contributed by atoms with Gasteiger partial charge in [-0.15, -0.1) is 0 Å². The molecule has 1 aromatic carbocycles. The molecule has 1 aliphatic heterocycles. The van der Waals surface area contributed by atoms with Crippen LogP contribution in [0.3, 0.4) is 0 Å². The van der Waals surface area contributed by atoms with Crippen LogP contribution in [0.1, 0.15) is 35.2 Å². The molecular formula is C21H21F3N2S. The van der Waals surface area contributed by atoms with Crippen molar-refractivity contribution in [2.75, 3.05) is 20.1 Å². The fraction of sp³-hybridized carbons (Fsp3) is 0.381. The van der Waals surface area contributed by atoms with Gasteiger partial charge in [0.25, 0.3) is 0 Å². The number of likely N-dealkylation sites (tertiary alicyclic amines) is 1. The van der Waals surface area contributed by atoms with E-state index in [1.165, 1.54) is 11.1 Å². The van der Waals surface area contributed by atoms with E-state index in [0.717, 1.165) is 61.2 Å². The number of pyridine rings is 1. The Kier molecular flexibility index (Phi) is 5.03. The quantitative estimate of drug-likeness (QED) is 0.613. The number of aryl methyl sites for hydroxylation is 2. The highest BCUT2D eigenvalue weighted by Gasteiger charge is 2.30. The van der Waals surface area contributed by atoms with Crippen molar-refractivity contribution in [1.29, 1.82) is 0 Å². The number of halogens is 3. The predicted octanol–water partition coefficient (Wildman–Crippen LogP) is 5.32. The Morgan fingerprint density at radius 2 is 1.74 bits per heavy atom. The van der Waals surface area contributed by atoms with Crippen LogP contribution in [-0.2, 0) is 12.8 Å². The Labute approximate surface area is 161 Å². The first kappa shape index (κ1) is 18.6. The maximum Gasteiger partial charge on any atom is 0.446 e. The average molecular weight is 390 g/mol. The first-order valence-electron chi connectivity index (χ1n) is 9.14. The summed E-state index contributed by atoms with van der Waals surface area (Å²) in [5.74, 6) is 0. The van der Waals surface area contributed by atoms with Gasteiger partial charge in [-0.1, -0.05) is 17.7 Å². The lowest BCUT2D eigenvalue weighted by molar-refractivity contribution is -0.0328. The maximum absolute atomic E-state index is 12.9. The van der Waals surface area contributed by atoms with E-state index in [4.69, 9.17) is 0 Å². The first-order valence-corrected chi connectivity index (χ1v) is 9.96. The zero-order chi connectivity index (χ0) is 19.0. The van der Waals surface area contributed by atoms with Crippen molar-refractivity contribution >= 4 is 17.3 Å². The van der Waals surface area contributed by atoms with E-state index in [2.05, 4.69) is 23.0 Å². The van der Waals surface area contributed by atoms with Crippen LogP contribution in [-0.4, -0.2) is 35.5 Å². The van der Waals surface area contributed by atoms with E-state index in [9.17, 15) is 13.2 Å². The summed E-state index contributed by atoms with van der Waals surface area (Å²) in [4.78, 5) is 7.19. The summed E-state index contributed by atoms with van der Waals surface area (Å²) in [5.41, 5.74) is 2.27. The molecule has 2 heterocycles. The molecule has 0 amide bonds. The van der Waals surface area contributed by atoms with Gasteiger partial charge in [-0.3, -0.25) is 4.98 Å². The normalized spacial score (nSPS) is 18.1. The molecule has 0 N–H and O–H groups in total. The molecule has 0 saturated carbocycles. The van der Waals surface area contributed by atoms with E-state index in [-0.39, 0.29) is 16.7 Å². The third-order valence-electron chi connectivity index (χ3n) is 5.32. The second kappa shape index (κ2) is 7.32. The van der Waals surface area contributed by atoms with Crippen LogP contribution >= 0.6 is 11.8 Å². The van der Waals surface area contributed by atoms with Crippen molar-refractivity contribution in [3.63, 3.8) is 0 Å². The monoisotopic (exact) mass is 390 g/mol. The van der Waals surface area contributed by atoms with Crippen LogP contribution in [0, 0.1) is 0 Å². The van der Waals surface area contributed by atoms with Crippen LogP contribution in [0.15, 0.2) is 47.0 Å². The molecule has 1 saturated heterocycles. The van der Waals surface area contributed by atoms with Gasteiger partial charge in [0.05, 0.1) is 5.69 Å². The van der Waals surface area contributed by atoms with E-state index < -0.39 is 5.51 Å². The van der Waals surface area contributed by atoms with Gasteiger partial charge < -0.3 is 4.90 Å². The molecule has 1 aliphatic carbocycles. The van der Waals surface area contributed by atoms with Crippen LogP contribution in [0.5, 0.6) is 0 Å². The zero-order valence-electron chi connectivity index (χ0n) is 15.1. The molecule has 142 valence electrons.